The van der Waals surface area contributed by atoms with Crippen molar-refractivity contribution in [2.75, 3.05) is 14.2 Å². The predicted octanol–water partition coefficient (Wildman–Crippen LogP) is 3.87. The van der Waals surface area contributed by atoms with Crippen molar-refractivity contribution in [3.63, 3.8) is 0 Å². The molecule has 4 heteroatoms. The molecule has 0 spiro atoms. The Kier molecular flexibility index (Phi) is 5.14. The molecule has 0 atom stereocenters. The number of hydrogen-bond donors (Lipinski definition) is 0. The summed E-state index contributed by atoms with van der Waals surface area (Å²) in [5.74, 6) is 1.56. The summed E-state index contributed by atoms with van der Waals surface area (Å²) in [6.07, 6.45) is 2.86. The topological polar surface area (TPSA) is 40.5 Å². The molecule has 0 aliphatic heterocycles. The standard InChI is InChI=1S/C19H25NO3/c1-7-8-20-11-16(12(2)13(3)19(20)21)15-9-17(22-5)14(4)18(10-15)23-6/h9-11H,7-8H2,1-6H3. The summed E-state index contributed by atoms with van der Waals surface area (Å²) in [6, 6.07) is 4.00. The summed E-state index contributed by atoms with van der Waals surface area (Å²) < 4.78 is 12.7. The number of aromatic nitrogens is 1. The van der Waals surface area contributed by atoms with E-state index in [1.54, 1.807) is 18.8 Å². The third-order valence-corrected chi connectivity index (χ3v) is 4.36. The molecule has 2 rings (SSSR count). The first-order chi connectivity index (χ1) is 10.9. The average Bonchev–Trinajstić information content (AvgIpc) is 2.56. The number of methoxy groups -OCH3 is 2. The Morgan fingerprint density at radius 2 is 1.52 bits per heavy atom. The lowest BCUT2D eigenvalue weighted by atomic mass is 9.97. The van der Waals surface area contributed by atoms with Crippen molar-refractivity contribution >= 4 is 0 Å². The van der Waals surface area contributed by atoms with Crippen LogP contribution in [0.25, 0.3) is 11.1 Å². The van der Waals surface area contributed by atoms with E-state index in [0.717, 1.165) is 45.7 Å². The maximum atomic E-state index is 12.4. The highest BCUT2D eigenvalue weighted by Gasteiger charge is 2.14. The van der Waals surface area contributed by atoms with Crippen LogP contribution in [0.3, 0.4) is 0 Å². The van der Waals surface area contributed by atoms with Crippen molar-refractivity contribution in [1.29, 1.82) is 0 Å². The summed E-state index contributed by atoms with van der Waals surface area (Å²) >= 11 is 0. The molecule has 0 aliphatic rings. The van der Waals surface area contributed by atoms with Gasteiger partial charge in [-0.3, -0.25) is 4.79 Å². The van der Waals surface area contributed by atoms with E-state index in [0.29, 0.717) is 6.54 Å². The van der Waals surface area contributed by atoms with E-state index in [1.165, 1.54) is 0 Å². The lowest BCUT2D eigenvalue weighted by molar-refractivity contribution is 0.389. The van der Waals surface area contributed by atoms with Gasteiger partial charge in [0.05, 0.1) is 14.2 Å². The van der Waals surface area contributed by atoms with Gasteiger partial charge in [-0.2, -0.15) is 0 Å². The highest BCUT2D eigenvalue weighted by molar-refractivity contribution is 5.72. The molecule has 0 aliphatic carbocycles. The Labute approximate surface area is 137 Å². The average molecular weight is 315 g/mol. The number of rotatable bonds is 5. The molecule has 0 unspecified atom stereocenters. The molecule has 0 fully saturated rings. The van der Waals surface area contributed by atoms with E-state index in [1.807, 2.05) is 39.1 Å². The van der Waals surface area contributed by atoms with Crippen LogP contribution in [-0.4, -0.2) is 18.8 Å². The Balaban J connectivity index is 2.73. The van der Waals surface area contributed by atoms with Crippen LogP contribution in [-0.2, 0) is 6.54 Å². The van der Waals surface area contributed by atoms with E-state index >= 15 is 0 Å². The van der Waals surface area contributed by atoms with Gasteiger partial charge in [-0.1, -0.05) is 6.92 Å². The van der Waals surface area contributed by atoms with Gasteiger partial charge in [0.15, 0.2) is 0 Å². The number of nitrogens with zero attached hydrogens (tertiary/aromatic N) is 1. The molecule has 1 heterocycles. The van der Waals surface area contributed by atoms with Crippen LogP contribution in [0.5, 0.6) is 11.5 Å². The molecule has 124 valence electrons. The van der Waals surface area contributed by atoms with E-state index in [4.69, 9.17) is 9.47 Å². The Bertz CT molecular complexity index is 750. The van der Waals surface area contributed by atoms with Gasteiger partial charge in [-0.25, -0.2) is 0 Å². The third-order valence-electron chi connectivity index (χ3n) is 4.36. The second-order valence-corrected chi connectivity index (χ2v) is 5.80. The van der Waals surface area contributed by atoms with Crippen LogP contribution in [0.1, 0.15) is 30.0 Å². The van der Waals surface area contributed by atoms with Gasteiger partial charge in [0.1, 0.15) is 11.5 Å². The predicted molar refractivity (Wildman–Crippen MR) is 93.7 cm³/mol. The maximum Gasteiger partial charge on any atom is 0.253 e. The van der Waals surface area contributed by atoms with Gasteiger partial charge in [0.25, 0.3) is 5.56 Å². The molecule has 0 radical (unpaired) electrons. The monoisotopic (exact) mass is 315 g/mol. The molecule has 4 nitrogen and oxygen atoms in total. The number of benzene rings is 1. The van der Waals surface area contributed by atoms with Crippen molar-refractivity contribution in [2.45, 2.75) is 40.7 Å². The molecular formula is C19H25NO3. The number of hydrogen-bond acceptors (Lipinski definition) is 3. The molecule has 2 aromatic rings. The first-order valence-electron chi connectivity index (χ1n) is 7.88. The maximum absolute atomic E-state index is 12.4. The summed E-state index contributed by atoms with van der Waals surface area (Å²) in [5, 5.41) is 0. The summed E-state index contributed by atoms with van der Waals surface area (Å²) in [4.78, 5) is 12.4. The highest BCUT2D eigenvalue weighted by atomic mass is 16.5. The van der Waals surface area contributed by atoms with Crippen molar-refractivity contribution in [1.82, 2.24) is 4.57 Å². The van der Waals surface area contributed by atoms with Crippen LogP contribution in [0.4, 0.5) is 0 Å². The smallest absolute Gasteiger partial charge is 0.253 e. The minimum Gasteiger partial charge on any atom is -0.496 e. The zero-order valence-electron chi connectivity index (χ0n) is 14.8. The summed E-state index contributed by atoms with van der Waals surface area (Å²) in [6.45, 7) is 8.63. The molecular weight excluding hydrogens is 290 g/mol. The largest absolute Gasteiger partial charge is 0.496 e. The van der Waals surface area contributed by atoms with Gasteiger partial charge in [0.2, 0.25) is 0 Å². The molecule has 0 saturated heterocycles. The summed E-state index contributed by atoms with van der Waals surface area (Å²) in [7, 11) is 3.31. The van der Waals surface area contributed by atoms with Gasteiger partial charge >= 0.3 is 0 Å². The van der Waals surface area contributed by atoms with Gasteiger partial charge in [-0.05, 0) is 50.5 Å². The SMILES string of the molecule is CCCn1cc(-c2cc(OC)c(C)c(OC)c2)c(C)c(C)c1=O. The molecule has 1 aromatic heterocycles. The minimum absolute atomic E-state index is 0.0825. The lowest BCUT2D eigenvalue weighted by Crippen LogP contribution is -2.23. The zero-order chi connectivity index (χ0) is 17.1. The number of ether oxygens (including phenoxy) is 2. The summed E-state index contributed by atoms with van der Waals surface area (Å²) in [5.41, 5.74) is 4.86. The first-order valence-corrected chi connectivity index (χ1v) is 7.88. The fourth-order valence-corrected chi connectivity index (χ4v) is 2.83. The second kappa shape index (κ2) is 6.90. The Morgan fingerprint density at radius 1 is 0.957 bits per heavy atom. The van der Waals surface area contributed by atoms with Gasteiger partial charge in [-0.15, -0.1) is 0 Å². The van der Waals surface area contributed by atoms with E-state index < -0.39 is 0 Å². The molecule has 0 saturated carbocycles. The number of pyridine rings is 1. The minimum atomic E-state index is 0.0825. The van der Waals surface area contributed by atoms with Crippen LogP contribution in [0, 0.1) is 20.8 Å². The van der Waals surface area contributed by atoms with E-state index in [2.05, 4.69) is 6.92 Å². The number of aryl methyl sites for hydroxylation is 1. The zero-order valence-corrected chi connectivity index (χ0v) is 14.8. The van der Waals surface area contributed by atoms with Crippen molar-refractivity contribution < 1.29 is 9.47 Å². The van der Waals surface area contributed by atoms with Crippen molar-refractivity contribution in [2.24, 2.45) is 0 Å². The molecule has 23 heavy (non-hydrogen) atoms. The van der Waals surface area contributed by atoms with Gasteiger partial charge < -0.3 is 14.0 Å². The molecule has 0 N–H and O–H groups in total. The molecule has 1 aromatic carbocycles. The second-order valence-electron chi connectivity index (χ2n) is 5.80. The first kappa shape index (κ1) is 17.1. The fraction of sp³-hybridized carbons (Fsp3) is 0.421. The van der Waals surface area contributed by atoms with Crippen molar-refractivity contribution in [3.05, 3.63) is 45.4 Å². The quantitative estimate of drug-likeness (QED) is 0.841. The molecule has 0 bridgehead atoms. The Hall–Kier alpha value is -2.23. The van der Waals surface area contributed by atoms with Crippen LogP contribution >= 0.6 is 0 Å². The fourth-order valence-electron chi connectivity index (χ4n) is 2.83. The van der Waals surface area contributed by atoms with Crippen LogP contribution in [0.2, 0.25) is 0 Å². The van der Waals surface area contributed by atoms with Crippen molar-refractivity contribution in [3.8, 4) is 22.6 Å². The third kappa shape index (κ3) is 3.11. The normalized spacial score (nSPS) is 10.7. The lowest BCUT2D eigenvalue weighted by Gasteiger charge is -2.17. The van der Waals surface area contributed by atoms with Crippen LogP contribution < -0.4 is 15.0 Å². The Morgan fingerprint density at radius 3 is 2.00 bits per heavy atom. The van der Waals surface area contributed by atoms with Crippen LogP contribution in [0.15, 0.2) is 23.1 Å². The van der Waals surface area contributed by atoms with E-state index in [-0.39, 0.29) is 5.56 Å². The molecule has 0 amide bonds. The van der Waals surface area contributed by atoms with Gasteiger partial charge in [0, 0.05) is 29.4 Å². The highest BCUT2D eigenvalue weighted by Crippen LogP contribution is 2.35. The van der Waals surface area contributed by atoms with E-state index in [9.17, 15) is 4.79 Å².